The maximum absolute atomic E-state index is 11.9. The minimum atomic E-state index is -0.201. The van der Waals surface area contributed by atoms with E-state index in [2.05, 4.69) is 17.6 Å². The number of carbonyl (C=O) groups excluding carboxylic acids is 1. The van der Waals surface area contributed by atoms with Crippen molar-refractivity contribution in [1.29, 1.82) is 0 Å². The van der Waals surface area contributed by atoms with Gasteiger partial charge >= 0.3 is 6.03 Å². The summed E-state index contributed by atoms with van der Waals surface area (Å²) in [5.74, 6) is 0. The second kappa shape index (κ2) is 6.79. The van der Waals surface area contributed by atoms with Crippen molar-refractivity contribution in [3.63, 3.8) is 0 Å². The van der Waals surface area contributed by atoms with Gasteiger partial charge in [0, 0.05) is 32.0 Å². The van der Waals surface area contributed by atoms with Gasteiger partial charge < -0.3 is 15.5 Å². The van der Waals surface area contributed by atoms with Crippen LogP contribution in [0.3, 0.4) is 0 Å². The Balaban J connectivity index is 1.95. The average Bonchev–Trinajstić information content (AvgIpc) is 2.48. The lowest BCUT2D eigenvalue weighted by Gasteiger charge is -2.17. The number of amides is 2. The van der Waals surface area contributed by atoms with Crippen LogP contribution in [0.25, 0.3) is 0 Å². The quantitative estimate of drug-likeness (QED) is 0.903. The Bertz CT molecular complexity index is 609. The summed E-state index contributed by atoms with van der Waals surface area (Å²) in [6.07, 6.45) is 0. The van der Waals surface area contributed by atoms with Gasteiger partial charge in [0.25, 0.3) is 0 Å². The Labute approximate surface area is 125 Å². The maximum atomic E-state index is 11.9. The number of nitrogens with one attached hydrogen (secondary N) is 2. The first-order valence-electron chi connectivity index (χ1n) is 6.93. The molecule has 0 saturated carbocycles. The van der Waals surface area contributed by atoms with Crippen LogP contribution >= 0.6 is 0 Å². The number of aryl methyl sites for hydroxylation is 1. The Morgan fingerprint density at radius 3 is 2.48 bits per heavy atom. The van der Waals surface area contributed by atoms with Crippen molar-refractivity contribution in [1.82, 2.24) is 5.32 Å². The second-order valence-corrected chi connectivity index (χ2v) is 5.19. The third-order valence-electron chi connectivity index (χ3n) is 3.24. The largest absolute Gasteiger partial charge is 0.377 e. The monoisotopic (exact) mass is 283 g/mol. The van der Waals surface area contributed by atoms with Gasteiger partial charge in [0.15, 0.2) is 0 Å². The molecule has 2 amide bonds. The molecule has 4 nitrogen and oxygen atoms in total. The highest BCUT2D eigenvalue weighted by Crippen LogP contribution is 2.22. The van der Waals surface area contributed by atoms with Crippen molar-refractivity contribution in [2.45, 2.75) is 13.5 Å². The van der Waals surface area contributed by atoms with Crippen LogP contribution in [0.4, 0.5) is 16.2 Å². The molecule has 0 aliphatic rings. The topological polar surface area (TPSA) is 44.4 Å². The Hall–Kier alpha value is -2.49. The highest BCUT2D eigenvalue weighted by molar-refractivity contribution is 5.90. The molecule has 0 aliphatic carbocycles. The van der Waals surface area contributed by atoms with E-state index in [0.717, 1.165) is 16.9 Å². The first kappa shape index (κ1) is 14.9. The van der Waals surface area contributed by atoms with Crippen molar-refractivity contribution >= 4 is 17.4 Å². The lowest BCUT2D eigenvalue weighted by atomic mass is 10.1. The molecule has 21 heavy (non-hydrogen) atoms. The molecule has 0 atom stereocenters. The molecule has 110 valence electrons. The number of carbonyl (C=O) groups is 1. The van der Waals surface area contributed by atoms with E-state index < -0.39 is 0 Å². The Morgan fingerprint density at radius 2 is 1.81 bits per heavy atom. The summed E-state index contributed by atoms with van der Waals surface area (Å²) in [6.45, 7) is 2.56. The van der Waals surface area contributed by atoms with Gasteiger partial charge in [0.1, 0.15) is 0 Å². The number of rotatable bonds is 4. The number of urea groups is 1. The average molecular weight is 283 g/mol. The smallest absolute Gasteiger partial charge is 0.319 e. The van der Waals surface area contributed by atoms with Crippen LogP contribution in [-0.2, 0) is 6.54 Å². The second-order valence-electron chi connectivity index (χ2n) is 5.19. The maximum Gasteiger partial charge on any atom is 0.319 e. The van der Waals surface area contributed by atoms with Crippen molar-refractivity contribution in [3.05, 3.63) is 59.7 Å². The van der Waals surface area contributed by atoms with E-state index in [9.17, 15) is 4.79 Å². The molecule has 0 fully saturated rings. The molecule has 2 rings (SSSR count). The van der Waals surface area contributed by atoms with Crippen molar-refractivity contribution in [3.8, 4) is 0 Å². The van der Waals surface area contributed by atoms with Gasteiger partial charge in [-0.25, -0.2) is 4.79 Å². The van der Waals surface area contributed by atoms with E-state index in [4.69, 9.17) is 0 Å². The molecule has 2 N–H and O–H groups in total. The first-order valence-corrected chi connectivity index (χ1v) is 6.93. The number of hydrogen-bond acceptors (Lipinski definition) is 2. The number of hydrogen-bond donors (Lipinski definition) is 2. The van der Waals surface area contributed by atoms with Crippen LogP contribution in [0, 0.1) is 6.92 Å². The Kier molecular flexibility index (Phi) is 4.82. The molecule has 4 heteroatoms. The van der Waals surface area contributed by atoms with Gasteiger partial charge in [-0.1, -0.05) is 36.4 Å². The normalized spacial score (nSPS) is 10.0. The van der Waals surface area contributed by atoms with Crippen LogP contribution in [0.15, 0.2) is 48.5 Å². The number of anilines is 2. The van der Waals surface area contributed by atoms with E-state index in [1.807, 2.05) is 67.5 Å². The third-order valence-corrected chi connectivity index (χ3v) is 3.24. The molecule has 0 radical (unpaired) electrons. The van der Waals surface area contributed by atoms with Crippen LogP contribution < -0.4 is 15.5 Å². The van der Waals surface area contributed by atoms with Crippen molar-refractivity contribution in [2.24, 2.45) is 0 Å². The molecule has 2 aromatic carbocycles. The van der Waals surface area contributed by atoms with E-state index in [0.29, 0.717) is 6.54 Å². The molecule has 0 saturated heterocycles. The van der Waals surface area contributed by atoms with Gasteiger partial charge in [-0.3, -0.25) is 0 Å². The van der Waals surface area contributed by atoms with Crippen LogP contribution in [0.2, 0.25) is 0 Å². The van der Waals surface area contributed by atoms with Gasteiger partial charge in [0.05, 0.1) is 0 Å². The SMILES string of the molecule is Cc1ccc(NC(=O)NCc2ccccc2)cc1N(C)C. The van der Waals surface area contributed by atoms with Crippen molar-refractivity contribution in [2.75, 3.05) is 24.3 Å². The van der Waals surface area contributed by atoms with Gasteiger partial charge in [0.2, 0.25) is 0 Å². The summed E-state index contributed by atoms with van der Waals surface area (Å²) in [4.78, 5) is 13.9. The highest BCUT2D eigenvalue weighted by Gasteiger charge is 2.05. The molecular weight excluding hydrogens is 262 g/mol. The highest BCUT2D eigenvalue weighted by atomic mass is 16.2. The van der Waals surface area contributed by atoms with Gasteiger partial charge in [-0.05, 0) is 30.2 Å². The molecular formula is C17H21N3O. The lowest BCUT2D eigenvalue weighted by molar-refractivity contribution is 0.251. The van der Waals surface area contributed by atoms with E-state index in [-0.39, 0.29) is 6.03 Å². The summed E-state index contributed by atoms with van der Waals surface area (Å²) in [7, 11) is 3.98. The molecule has 0 aromatic heterocycles. The molecule has 0 unspecified atom stereocenters. The molecule has 0 aliphatic heterocycles. The molecule has 0 spiro atoms. The number of nitrogens with zero attached hydrogens (tertiary/aromatic N) is 1. The Morgan fingerprint density at radius 1 is 1.10 bits per heavy atom. The predicted molar refractivity (Wildman–Crippen MR) is 87.8 cm³/mol. The zero-order chi connectivity index (χ0) is 15.2. The fourth-order valence-electron chi connectivity index (χ4n) is 2.12. The summed E-state index contributed by atoms with van der Waals surface area (Å²) in [6, 6.07) is 15.5. The molecule has 0 heterocycles. The zero-order valence-corrected chi connectivity index (χ0v) is 12.7. The summed E-state index contributed by atoms with van der Waals surface area (Å²) >= 11 is 0. The lowest BCUT2D eigenvalue weighted by Crippen LogP contribution is -2.28. The number of benzene rings is 2. The summed E-state index contributed by atoms with van der Waals surface area (Å²) < 4.78 is 0. The summed E-state index contributed by atoms with van der Waals surface area (Å²) in [5, 5.41) is 5.71. The van der Waals surface area contributed by atoms with E-state index in [1.165, 1.54) is 5.56 Å². The molecule has 2 aromatic rings. The van der Waals surface area contributed by atoms with Crippen molar-refractivity contribution < 1.29 is 4.79 Å². The minimum Gasteiger partial charge on any atom is -0.377 e. The fraction of sp³-hybridized carbons (Fsp3) is 0.235. The van der Waals surface area contributed by atoms with Gasteiger partial charge in [-0.15, -0.1) is 0 Å². The minimum absolute atomic E-state index is 0.201. The van der Waals surface area contributed by atoms with Gasteiger partial charge in [-0.2, -0.15) is 0 Å². The van der Waals surface area contributed by atoms with Crippen LogP contribution in [0.5, 0.6) is 0 Å². The van der Waals surface area contributed by atoms with Crippen LogP contribution in [0.1, 0.15) is 11.1 Å². The third kappa shape index (κ3) is 4.24. The first-order chi connectivity index (χ1) is 10.1. The molecule has 0 bridgehead atoms. The zero-order valence-electron chi connectivity index (χ0n) is 12.7. The summed E-state index contributed by atoms with van der Waals surface area (Å²) in [5.41, 5.74) is 4.13. The standard InChI is InChI=1S/C17H21N3O/c1-13-9-10-15(11-16(13)20(2)3)19-17(21)18-12-14-7-5-4-6-8-14/h4-11H,12H2,1-3H3,(H2,18,19,21). The van der Waals surface area contributed by atoms with E-state index >= 15 is 0 Å². The van der Waals surface area contributed by atoms with E-state index in [1.54, 1.807) is 0 Å². The van der Waals surface area contributed by atoms with Crippen LogP contribution in [-0.4, -0.2) is 20.1 Å². The predicted octanol–water partition coefficient (Wildman–Crippen LogP) is 3.38. The fourth-order valence-corrected chi connectivity index (χ4v) is 2.12.